The molecule has 1 unspecified atom stereocenters. The van der Waals surface area contributed by atoms with Gasteiger partial charge in [0.05, 0.1) is 4.90 Å². The van der Waals surface area contributed by atoms with Crippen LogP contribution in [0.25, 0.3) is 0 Å². The lowest BCUT2D eigenvalue weighted by molar-refractivity contribution is 0.0939. The smallest absolute Gasteiger partial charge is 0.251 e. The van der Waals surface area contributed by atoms with E-state index in [1.165, 1.54) is 23.6 Å². The van der Waals surface area contributed by atoms with E-state index in [0.717, 1.165) is 25.7 Å². The molecule has 28 heavy (non-hydrogen) atoms. The summed E-state index contributed by atoms with van der Waals surface area (Å²) in [6.45, 7) is 2.69. The maximum absolute atomic E-state index is 12.9. The second-order valence-electron chi connectivity index (χ2n) is 8.29. The highest BCUT2D eigenvalue weighted by Gasteiger charge is 2.30. The summed E-state index contributed by atoms with van der Waals surface area (Å²) < 4.78 is 27.3. The third kappa shape index (κ3) is 4.93. The van der Waals surface area contributed by atoms with Crippen LogP contribution < -0.4 is 5.32 Å². The number of nitrogens with zero attached hydrogens (tertiary/aromatic N) is 2. The van der Waals surface area contributed by atoms with Gasteiger partial charge in [0.1, 0.15) is 0 Å². The van der Waals surface area contributed by atoms with Gasteiger partial charge in [-0.1, -0.05) is 19.3 Å². The number of hydrogen-bond acceptors (Lipinski definition) is 4. The molecule has 7 heteroatoms. The summed E-state index contributed by atoms with van der Waals surface area (Å²) in [7, 11) is 0.239. The van der Waals surface area contributed by atoms with Crippen LogP contribution in [-0.4, -0.2) is 62.3 Å². The molecule has 2 saturated carbocycles. The van der Waals surface area contributed by atoms with Gasteiger partial charge in [0.2, 0.25) is 10.0 Å². The molecule has 3 rings (SSSR count). The number of nitrogens with one attached hydrogen (secondary N) is 1. The number of likely N-dealkylation sites (N-methyl/N-ethyl adjacent to an activating group) is 1. The largest absolute Gasteiger partial charge is 0.350 e. The molecule has 0 heterocycles. The number of carbonyl (C=O) groups is 1. The number of carbonyl (C=O) groups excluding carboxylic acids is 1. The monoisotopic (exact) mass is 407 g/mol. The van der Waals surface area contributed by atoms with Gasteiger partial charge in [0, 0.05) is 37.3 Å². The van der Waals surface area contributed by atoms with Gasteiger partial charge >= 0.3 is 0 Å². The van der Waals surface area contributed by atoms with E-state index in [1.54, 1.807) is 31.3 Å². The minimum atomic E-state index is -3.53. The first-order valence-corrected chi connectivity index (χ1v) is 11.8. The van der Waals surface area contributed by atoms with Crippen LogP contribution in [0.15, 0.2) is 29.2 Å². The van der Waals surface area contributed by atoms with Crippen LogP contribution in [0.2, 0.25) is 0 Å². The normalized spacial score (nSPS) is 19.8. The van der Waals surface area contributed by atoms with Crippen molar-refractivity contribution in [3.05, 3.63) is 29.8 Å². The molecule has 2 fully saturated rings. The maximum atomic E-state index is 12.9. The zero-order valence-electron chi connectivity index (χ0n) is 17.2. The molecule has 0 bridgehead atoms. The number of rotatable bonds is 8. The Bertz CT molecular complexity index is 769. The molecule has 1 N–H and O–H groups in total. The molecule has 1 atom stereocenters. The van der Waals surface area contributed by atoms with Crippen molar-refractivity contribution in [1.29, 1.82) is 0 Å². The maximum Gasteiger partial charge on any atom is 0.251 e. The van der Waals surface area contributed by atoms with E-state index >= 15 is 0 Å². The van der Waals surface area contributed by atoms with Crippen molar-refractivity contribution < 1.29 is 13.2 Å². The van der Waals surface area contributed by atoms with Gasteiger partial charge in [-0.3, -0.25) is 9.69 Å². The van der Waals surface area contributed by atoms with Crippen LogP contribution in [0.3, 0.4) is 0 Å². The molecular weight excluding hydrogens is 374 g/mol. The van der Waals surface area contributed by atoms with Crippen molar-refractivity contribution in [1.82, 2.24) is 14.5 Å². The zero-order valence-corrected chi connectivity index (χ0v) is 18.0. The van der Waals surface area contributed by atoms with Gasteiger partial charge in [-0.05, 0) is 63.9 Å². The van der Waals surface area contributed by atoms with Crippen molar-refractivity contribution in [3.8, 4) is 0 Å². The standard InChI is InChI=1S/C21H33N3O3S/c1-16(23(2)18-11-12-18)15-22-21(25)17-9-13-20(14-10-17)28(26,27)24(3)19-7-5-4-6-8-19/h9-10,13-14,16,18-19H,4-8,11-12,15H2,1-3H3,(H,22,25). The molecule has 0 aromatic heterocycles. The lowest BCUT2D eigenvalue weighted by Crippen LogP contribution is -2.41. The van der Waals surface area contributed by atoms with Crippen LogP contribution in [0.4, 0.5) is 0 Å². The Balaban J connectivity index is 1.59. The van der Waals surface area contributed by atoms with Crippen molar-refractivity contribution in [2.45, 2.75) is 74.9 Å². The van der Waals surface area contributed by atoms with E-state index in [9.17, 15) is 13.2 Å². The van der Waals surface area contributed by atoms with E-state index in [2.05, 4.69) is 24.2 Å². The molecule has 1 amide bonds. The molecule has 1 aromatic rings. The molecule has 156 valence electrons. The molecule has 1 aromatic carbocycles. The predicted octanol–water partition coefficient (Wildman–Crippen LogP) is 2.85. The zero-order chi connectivity index (χ0) is 20.3. The second kappa shape index (κ2) is 8.93. The molecule has 0 spiro atoms. The first-order chi connectivity index (χ1) is 13.3. The van der Waals surface area contributed by atoms with Crippen LogP contribution >= 0.6 is 0 Å². The summed E-state index contributed by atoms with van der Waals surface area (Å²) in [4.78, 5) is 15.0. The summed E-state index contributed by atoms with van der Waals surface area (Å²) in [5, 5.41) is 2.95. The third-order valence-electron chi connectivity index (χ3n) is 6.26. The average molecular weight is 408 g/mol. The fraction of sp³-hybridized carbons (Fsp3) is 0.667. The van der Waals surface area contributed by atoms with E-state index < -0.39 is 10.0 Å². The van der Waals surface area contributed by atoms with E-state index in [4.69, 9.17) is 0 Å². The third-order valence-corrected chi connectivity index (χ3v) is 8.18. The van der Waals surface area contributed by atoms with E-state index in [-0.39, 0.29) is 22.9 Å². The van der Waals surface area contributed by atoms with E-state index in [0.29, 0.717) is 18.2 Å². The Hall–Kier alpha value is -1.44. The van der Waals surface area contributed by atoms with Crippen molar-refractivity contribution in [2.75, 3.05) is 20.6 Å². The fourth-order valence-electron chi connectivity index (χ4n) is 3.91. The van der Waals surface area contributed by atoms with Gasteiger partial charge in [-0.15, -0.1) is 0 Å². The quantitative estimate of drug-likeness (QED) is 0.719. The van der Waals surface area contributed by atoms with Gasteiger partial charge < -0.3 is 5.32 Å². The van der Waals surface area contributed by atoms with Crippen LogP contribution in [0, 0.1) is 0 Å². The highest BCUT2D eigenvalue weighted by molar-refractivity contribution is 7.89. The summed E-state index contributed by atoms with van der Waals surface area (Å²) in [6.07, 6.45) is 7.66. The Morgan fingerprint density at radius 1 is 1.04 bits per heavy atom. The number of benzene rings is 1. The molecule has 2 aliphatic carbocycles. The van der Waals surface area contributed by atoms with E-state index in [1.807, 2.05) is 0 Å². The number of sulfonamides is 1. The first kappa shape index (κ1) is 21.3. The Morgan fingerprint density at radius 2 is 1.64 bits per heavy atom. The van der Waals surface area contributed by atoms with Crippen LogP contribution in [0.5, 0.6) is 0 Å². The summed E-state index contributed by atoms with van der Waals surface area (Å²) in [5.41, 5.74) is 0.487. The Morgan fingerprint density at radius 3 is 2.21 bits per heavy atom. The van der Waals surface area contributed by atoms with Gasteiger partial charge in [0.15, 0.2) is 0 Å². The Kier molecular flexibility index (Phi) is 6.78. The predicted molar refractivity (Wildman–Crippen MR) is 111 cm³/mol. The molecule has 2 aliphatic rings. The molecule has 0 saturated heterocycles. The highest BCUT2D eigenvalue weighted by atomic mass is 32.2. The topological polar surface area (TPSA) is 69.7 Å². The van der Waals surface area contributed by atoms with Gasteiger partial charge in [-0.25, -0.2) is 8.42 Å². The highest BCUT2D eigenvalue weighted by Crippen LogP contribution is 2.27. The lowest BCUT2D eigenvalue weighted by atomic mass is 9.96. The van der Waals surface area contributed by atoms with Crippen molar-refractivity contribution >= 4 is 15.9 Å². The molecule has 6 nitrogen and oxygen atoms in total. The molecule has 0 aliphatic heterocycles. The summed E-state index contributed by atoms with van der Waals surface area (Å²) in [6, 6.07) is 7.30. The average Bonchev–Trinajstić information content (AvgIpc) is 3.56. The fourth-order valence-corrected chi connectivity index (χ4v) is 5.33. The first-order valence-electron chi connectivity index (χ1n) is 10.4. The Labute approximate surface area is 169 Å². The van der Waals surface area contributed by atoms with Crippen LogP contribution in [0.1, 0.15) is 62.2 Å². The summed E-state index contributed by atoms with van der Waals surface area (Å²) in [5.74, 6) is -0.166. The second-order valence-corrected chi connectivity index (χ2v) is 10.3. The minimum Gasteiger partial charge on any atom is -0.350 e. The van der Waals surface area contributed by atoms with Gasteiger partial charge in [0.25, 0.3) is 5.91 Å². The lowest BCUT2D eigenvalue weighted by Gasteiger charge is -2.30. The molecular formula is C21H33N3O3S. The summed E-state index contributed by atoms with van der Waals surface area (Å²) >= 11 is 0. The SMILES string of the molecule is CC(CNC(=O)c1ccc(S(=O)(=O)N(C)C2CCCCC2)cc1)N(C)C1CC1. The minimum absolute atomic E-state index is 0.0756. The van der Waals surface area contributed by atoms with Gasteiger partial charge in [-0.2, -0.15) is 4.31 Å². The molecule has 0 radical (unpaired) electrons. The van der Waals surface area contributed by atoms with Crippen LogP contribution in [-0.2, 0) is 10.0 Å². The van der Waals surface area contributed by atoms with Crippen molar-refractivity contribution in [3.63, 3.8) is 0 Å². The number of amides is 1. The van der Waals surface area contributed by atoms with Crippen molar-refractivity contribution in [2.24, 2.45) is 0 Å². The number of hydrogen-bond donors (Lipinski definition) is 1.